The van der Waals surface area contributed by atoms with Crippen LogP contribution in [0, 0.1) is 19.9 Å². The van der Waals surface area contributed by atoms with E-state index in [1.807, 2.05) is 6.07 Å². The van der Waals surface area contributed by atoms with Gasteiger partial charge in [-0.25, -0.2) is 0 Å². The van der Waals surface area contributed by atoms with E-state index >= 15 is 0 Å². The minimum atomic E-state index is 0.659. The average Bonchev–Trinajstić information content (AvgIpc) is 1.95. The molecule has 0 unspecified atom stereocenters. The van der Waals surface area contributed by atoms with Crippen molar-refractivity contribution in [3.8, 4) is 0 Å². The van der Waals surface area contributed by atoms with Gasteiger partial charge < -0.3 is 4.74 Å². The fourth-order valence-corrected chi connectivity index (χ4v) is 1.08. The molecule has 0 bridgehead atoms. The molecule has 0 heterocycles. The summed E-state index contributed by atoms with van der Waals surface area (Å²) in [6.07, 6.45) is 0. The van der Waals surface area contributed by atoms with Crippen LogP contribution in [0.1, 0.15) is 16.7 Å². The summed E-state index contributed by atoms with van der Waals surface area (Å²) in [5.74, 6) is 0. The fraction of sp³-hybridized carbons (Fsp3) is 0.400. The van der Waals surface area contributed by atoms with Gasteiger partial charge in [-0.15, -0.1) is 0 Å². The van der Waals surface area contributed by atoms with E-state index in [-0.39, 0.29) is 0 Å². The van der Waals surface area contributed by atoms with Crippen LogP contribution in [0.2, 0.25) is 0 Å². The number of rotatable bonds is 2. The van der Waals surface area contributed by atoms with E-state index in [1.165, 1.54) is 11.1 Å². The molecule has 0 saturated heterocycles. The predicted octanol–water partition coefficient (Wildman–Crippen LogP) is 2.25. The normalized spacial score (nSPS) is 10.1. The summed E-state index contributed by atoms with van der Waals surface area (Å²) in [5.41, 5.74) is 3.66. The molecule has 0 fully saturated rings. The van der Waals surface area contributed by atoms with Crippen LogP contribution in [-0.2, 0) is 11.3 Å². The second-order valence-electron chi connectivity index (χ2n) is 2.77. The summed E-state index contributed by atoms with van der Waals surface area (Å²) in [5, 5.41) is 0. The first-order valence-electron chi connectivity index (χ1n) is 3.71. The maximum absolute atomic E-state index is 5.02. The van der Waals surface area contributed by atoms with Crippen LogP contribution < -0.4 is 0 Å². The lowest BCUT2D eigenvalue weighted by atomic mass is 10.1. The van der Waals surface area contributed by atoms with Crippen molar-refractivity contribution >= 4 is 0 Å². The van der Waals surface area contributed by atoms with E-state index in [0.29, 0.717) is 6.61 Å². The Kier molecular flexibility index (Phi) is 2.66. The van der Waals surface area contributed by atoms with Crippen LogP contribution >= 0.6 is 0 Å². The highest BCUT2D eigenvalue weighted by Gasteiger charge is 1.96. The van der Waals surface area contributed by atoms with Gasteiger partial charge in [0.15, 0.2) is 0 Å². The number of ether oxygens (including phenoxy) is 1. The highest BCUT2D eigenvalue weighted by molar-refractivity contribution is 5.28. The molecule has 1 aromatic carbocycles. The summed E-state index contributed by atoms with van der Waals surface area (Å²) in [6.45, 7) is 4.81. The molecule has 11 heavy (non-hydrogen) atoms. The van der Waals surface area contributed by atoms with Gasteiger partial charge in [-0.05, 0) is 31.0 Å². The van der Waals surface area contributed by atoms with Crippen LogP contribution in [0.4, 0.5) is 0 Å². The van der Waals surface area contributed by atoms with E-state index in [2.05, 4.69) is 26.0 Å². The van der Waals surface area contributed by atoms with Gasteiger partial charge in [0.2, 0.25) is 0 Å². The first-order chi connectivity index (χ1) is 5.24. The van der Waals surface area contributed by atoms with E-state index in [4.69, 9.17) is 4.74 Å². The molecule has 0 amide bonds. The molecular formula is C10H13O. The molecule has 0 spiro atoms. The zero-order valence-electron chi connectivity index (χ0n) is 7.27. The maximum Gasteiger partial charge on any atom is 0.0721 e. The molecule has 0 aliphatic heterocycles. The van der Waals surface area contributed by atoms with Gasteiger partial charge in [0, 0.05) is 7.11 Å². The minimum Gasteiger partial charge on any atom is -0.380 e. The third-order valence-electron chi connectivity index (χ3n) is 1.68. The Balaban J connectivity index is 2.90. The van der Waals surface area contributed by atoms with Gasteiger partial charge in [-0.2, -0.15) is 0 Å². The van der Waals surface area contributed by atoms with Gasteiger partial charge in [-0.1, -0.05) is 17.7 Å². The van der Waals surface area contributed by atoms with Crippen LogP contribution in [0.5, 0.6) is 0 Å². The molecule has 1 radical (unpaired) electrons. The average molecular weight is 149 g/mol. The Hall–Kier alpha value is -0.820. The molecule has 0 N–H and O–H groups in total. The lowest BCUT2D eigenvalue weighted by molar-refractivity contribution is 0.184. The Morgan fingerprint density at radius 1 is 1.45 bits per heavy atom. The van der Waals surface area contributed by atoms with Gasteiger partial charge in [0.25, 0.3) is 0 Å². The van der Waals surface area contributed by atoms with Crippen LogP contribution in [-0.4, -0.2) is 7.11 Å². The third kappa shape index (κ3) is 2.05. The Morgan fingerprint density at radius 2 is 2.18 bits per heavy atom. The van der Waals surface area contributed by atoms with Crippen LogP contribution in [0.25, 0.3) is 0 Å². The van der Waals surface area contributed by atoms with Crippen molar-refractivity contribution in [2.45, 2.75) is 20.5 Å². The van der Waals surface area contributed by atoms with E-state index in [1.54, 1.807) is 7.11 Å². The first kappa shape index (κ1) is 8.28. The summed E-state index contributed by atoms with van der Waals surface area (Å²) in [7, 11) is 1.70. The van der Waals surface area contributed by atoms with Gasteiger partial charge in [0.1, 0.15) is 0 Å². The quantitative estimate of drug-likeness (QED) is 0.626. The number of benzene rings is 1. The van der Waals surface area contributed by atoms with E-state index < -0.39 is 0 Å². The Labute approximate surface area is 68.0 Å². The van der Waals surface area contributed by atoms with Crippen LogP contribution in [0.15, 0.2) is 12.1 Å². The van der Waals surface area contributed by atoms with Gasteiger partial charge in [0.05, 0.1) is 6.61 Å². The topological polar surface area (TPSA) is 9.23 Å². The minimum absolute atomic E-state index is 0.659. The van der Waals surface area contributed by atoms with Crippen LogP contribution in [0.3, 0.4) is 0 Å². The van der Waals surface area contributed by atoms with Crippen molar-refractivity contribution < 1.29 is 4.74 Å². The smallest absolute Gasteiger partial charge is 0.0721 e. The monoisotopic (exact) mass is 149 g/mol. The van der Waals surface area contributed by atoms with Crippen molar-refractivity contribution in [2.24, 2.45) is 0 Å². The van der Waals surface area contributed by atoms with Crippen molar-refractivity contribution in [2.75, 3.05) is 7.11 Å². The standard InChI is InChI=1S/C10H13O/c1-8-4-5-10(7-11-3)9(2)6-8/h4,6H,7H2,1-3H3. The number of hydrogen-bond donors (Lipinski definition) is 0. The van der Waals surface area contributed by atoms with E-state index in [0.717, 1.165) is 5.56 Å². The summed E-state index contributed by atoms with van der Waals surface area (Å²) >= 11 is 0. The van der Waals surface area contributed by atoms with Gasteiger partial charge in [-0.3, -0.25) is 0 Å². The predicted molar refractivity (Wildman–Crippen MR) is 45.5 cm³/mol. The molecule has 1 aromatic rings. The second-order valence-corrected chi connectivity index (χ2v) is 2.77. The summed E-state index contributed by atoms with van der Waals surface area (Å²) < 4.78 is 5.02. The maximum atomic E-state index is 5.02. The molecule has 0 aromatic heterocycles. The highest BCUT2D eigenvalue weighted by atomic mass is 16.5. The number of hydrogen-bond acceptors (Lipinski definition) is 1. The molecule has 1 nitrogen and oxygen atoms in total. The fourth-order valence-electron chi connectivity index (χ4n) is 1.08. The molecule has 0 atom stereocenters. The third-order valence-corrected chi connectivity index (χ3v) is 1.68. The van der Waals surface area contributed by atoms with Crippen molar-refractivity contribution in [3.63, 3.8) is 0 Å². The molecule has 0 saturated carbocycles. The highest BCUT2D eigenvalue weighted by Crippen LogP contribution is 2.09. The molecule has 1 rings (SSSR count). The molecular weight excluding hydrogens is 136 g/mol. The Morgan fingerprint density at radius 3 is 2.73 bits per heavy atom. The van der Waals surface area contributed by atoms with Gasteiger partial charge >= 0.3 is 0 Å². The SMILES string of the molecule is COCc1[c]cc(C)cc1C. The number of methoxy groups -OCH3 is 1. The van der Waals surface area contributed by atoms with Crippen molar-refractivity contribution in [3.05, 3.63) is 34.9 Å². The second kappa shape index (κ2) is 3.54. The van der Waals surface area contributed by atoms with Crippen molar-refractivity contribution in [1.29, 1.82) is 0 Å². The lowest BCUT2D eigenvalue weighted by Gasteiger charge is -2.03. The zero-order chi connectivity index (χ0) is 8.27. The van der Waals surface area contributed by atoms with Crippen molar-refractivity contribution in [1.82, 2.24) is 0 Å². The molecule has 59 valence electrons. The zero-order valence-corrected chi connectivity index (χ0v) is 7.27. The Bertz CT molecular complexity index is 241. The summed E-state index contributed by atoms with van der Waals surface area (Å²) in [6, 6.07) is 7.31. The largest absolute Gasteiger partial charge is 0.380 e. The molecule has 1 heteroatoms. The summed E-state index contributed by atoms with van der Waals surface area (Å²) in [4.78, 5) is 0. The molecule has 0 aliphatic carbocycles. The first-order valence-corrected chi connectivity index (χ1v) is 3.71. The van der Waals surface area contributed by atoms with E-state index in [9.17, 15) is 0 Å². The number of aryl methyl sites for hydroxylation is 2. The molecule has 0 aliphatic rings. The lowest BCUT2D eigenvalue weighted by Crippen LogP contribution is -1.91.